The van der Waals surface area contributed by atoms with E-state index in [0.717, 1.165) is 19.6 Å². The summed E-state index contributed by atoms with van der Waals surface area (Å²) >= 11 is 0. The van der Waals surface area contributed by atoms with Crippen LogP contribution in [-0.4, -0.2) is 54.5 Å². The number of fused-ring (bicyclic) bond motifs is 1. The normalized spacial score (nSPS) is 29.9. The number of carbonyl (C=O) groups excluding carboxylic acids is 2. The van der Waals surface area contributed by atoms with Crippen LogP contribution in [0.25, 0.3) is 0 Å². The summed E-state index contributed by atoms with van der Waals surface area (Å²) in [5.41, 5.74) is 0. The van der Waals surface area contributed by atoms with Crippen LogP contribution in [0.4, 0.5) is 4.79 Å². The van der Waals surface area contributed by atoms with E-state index in [9.17, 15) is 9.59 Å². The van der Waals surface area contributed by atoms with Gasteiger partial charge in [-0.15, -0.1) is 0 Å². The third-order valence-electron chi connectivity index (χ3n) is 2.61. The van der Waals surface area contributed by atoms with E-state index in [2.05, 4.69) is 10.2 Å². The SMILES string of the molecule is CN1CCN2C(=O)NC(=O)CC2C1. The van der Waals surface area contributed by atoms with Crippen molar-refractivity contribution in [3.05, 3.63) is 0 Å². The minimum atomic E-state index is -0.227. The molecule has 2 rings (SSSR count). The first-order valence-corrected chi connectivity index (χ1v) is 4.46. The average molecular weight is 183 g/mol. The minimum absolute atomic E-state index is 0.0833. The number of hydrogen-bond donors (Lipinski definition) is 1. The third kappa shape index (κ3) is 1.51. The molecule has 5 heteroatoms. The standard InChI is InChI=1S/C8H13N3O2/c1-10-2-3-11-6(5-10)4-7(12)9-8(11)13/h6H,2-5H2,1H3,(H,9,12,13). The van der Waals surface area contributed by atoms with Gasteiger partial charge in [-0.1, -0.05) is 0 Å². The fourth-order valence-corrected chi connectivity index (χ4v) is 1.91. The van der Waals surface area contributed by atoms with E-state index in [-0.39, 0.29) is 18.0 Å². The molecular formula is C8H13N3O2. The van der Waals surface area contributed by atoms with Gasteiger partial charge >= 0.3 is 6.03 Å². The van der Waals surface area contributed by atoms with Crippen molar-refractivity contribution < 1.29 is 9.59 Å². The number of likely N-dealkylation sites (N-methyl/N-ethyl adjacent to an activating group) is 1. The topological polar surface area (TPSA) is 52.6 Å². The Morgan fingerprint density at radius 1 is 1.38 bits per heavy atom. The van der Waals surface area contributed by atoms with Crippen molar-refractivity contribution >= 4 is 11.9 Å². The zero-order chi connectivity index (χ0) is 9.42. The molecule has 0 aromatic carbocycles. The molecule has 5 nitrogen and oxygen atoms in total. The molecule has 0 aromatic rings. The third-order valence-corrected chi connectivity index (χ3v) is 2.61. The van der Waals surface area contributed by atoms with E-state index in [1.165, 1.54) is 0 Å². The maximum atomic E-state index is 11.3. The van der Waals surface area contributed by atoms with Crippen molar-refractivity contribution in [2.45, 2.75) is 12.5 Å². The number of rotatable bonds is 0. The van der Waals surface area contributed by atoms with Crippen molar-refractivity contribution in [2.24, 2.45) is 0 Å². The van der Waals surface area contributed by atoms with E-state index >= 15 is 0 Å². The van der Waals surface area contributed by atoms with Crippen molar-refractivity contribution in [3.8, 4) is 0 Å². The Hall–Kier alpha value is -1.10. The lowest BCUT2D eigenvalue weighted by Gasteiger charge is -2.41. The molecule has 2 heterocycles. The second-order valence-electron chi connectivity index (χ2n) is 3.67. The first kappa shape index (κ1) is 8.50. The number of urea groups is 1. The maximum absolute atomic E-state index is 11.3. The van der Waals surface area contributed by atoms with Crippen molar-refractivity contribution in [1.29, 1.82) is 0 Å². The van der Waals surface area contributed by atoms with Gasteiger partial charge in [-0.05, 0) is 7.05 Å². The zero-order valence-electron chi connectivity index (χ0n) is 7.62. The van der Waals surface area contributed by atoms with Crippen molar-refractivity contribution in [2.75, 3.05) is 26.7 Å². The van der Waals surface area contributed by atoms with E-state index in [0.29, 0.717) is 6.42 Å². The number of carbonyl (C=O) groups is 2. The quantitative estimate of drug-likeness (QED) is 0.537. The van der Waals surface area contributed by atoms with Gasteiger partial charge in [0.2, 0.25) is 5.91 Å². The highest BCUT2D eigenvalue weighted by Crippen LogP contribution is 2.15. The summed E-state index contributed by atoms with van der Waals surface area (Å²) in [6.07, 6.45) is 0.441. The lowest BCUT2D eigenvalue weighted by atomic mass is 10.1. The van der Waals surface area contributed by atoms with E-state index in [4.69, 9.17) is 0 Å². The van der Waals surface area contributed by atoms with E-state index in [1.54, 1.807) is 4.90 Å². The molecule has 1 N–H and O–H groups in total. The van der Waals surface area contributed by atoms with Gasteiger partial charge < -0.3 is 9.80 Å². The van der Waals surface area contributed by atoms with Gasteiger partial charge in [0, 0.05) is 26.1 Å². The molecule has 0 aliphatic carbocycles. The Balaban J connectivity index is 2.10. The Morgan fingerprint density at radius 3 is 2.92 bits per heavy atom. The maximum Gasteiger partial charge on any atom is 0.324 e. The minimum Gasteiger partial charge on any atom is -0.318 e. The molecule has 72 valence electrons. The molecule has 2 saturated heterocycles. The Kier molecular flexibility index (Phi) is 1.95. The molecule has 13 heavy (non-hydrogen) atoms. The molecule has 1 unspecified atom stereocenters. The smallest absolute Gasteiger partial charge is 0.318 e. The van der Waals surface area contributed by atoms with Gasteiger partial charge in [0.15, 0.2) is 0 Å². The van der Waals surface area contributed by atoms with E-state index in [1.807, 2.05) is 7.05 Å². The molecule has 0 spiro atoms. The van der Waals surface area contributed by atoms with Crippen LogP contribution in [0.5, 0.6) is 0 Å². The molecule has 2 fully saturated rings. The lowest BCUT2D eigenvalue weighted by Crippen LogP contribution is -2.62. The van der Waals surface area contributed by atoms with Crippen LogP contribution in [0.3, 0.4) is 0 Å². The molecule has 0 radical (unpaired) electrons. The van der Waals surface area contributed by atoms with Crippen LogP contribution < -0.4 is 5.32 Å². The van der Waals surface area contributed by atoms with Gasteiger partial charge in [0.1, 0.15) is 0 Å². The molecule has 2 aliphatic rings. The second-order valence-corrected chi connectivity index (χ2v) is 3.67. The number of nitrogens with zero attached hydrogens (tertiary/aromatic N) is 2. The number of amides is 3. The van der Waals surface area contributed by atoms with E-state index < -0.39 is 0 Å². The summed E-state index contributed by atoms with van der Waals surface area (Å²) < 4.78 is 0. The highest BCUT2D eigenvalue weighted by Gasteiger charge is 2.35. The summed E-state index contributed by atoms with van der Waals surface area (Å²) in [5.74, 6) is -0.151. The largest absolute Gasteiger partial charge is 0.324 e. The molecule has 1 atom stereocenters. The summed E-state index contributed by atoms with van der Waals surface area (Å²) in [4.78, 5) is 26.3. The Labute approximate surface area is 76.7 Å². The van der Waals surface area contributed by atoms with Gasteiger partial charge in [-0.3, -0.25) is 10.1 Å². The number of imide groups is 1. The average Bonchev–Trinajstić information content (AvgIpc) is 2.02. The Morgan fingerprint density at radius 2 is 2.15 bits per heavy atom. The first-order chi connectivity index (χ1) is 6.16. The fraction of sp³-hybridized carbons (Fsp3) is 0.750. The molecular weight excluding hydrogens is 170 g/mol. The summed E-state index contributed by atoms with van der Waals surface area (Å²) in [6, 6.07) is -0.144. The summed E-state index contributed by atoms with van der Waals surface area (Å²) in [7, 11) is 2.01. The Bertz CT molecular complexity index is 254. The zero-order valence-corrected chi connectivity index (χ0v) is 7.62. The summed E-state index contributed by atoms with van der Waals surface area (Å²) in [5, 5.41) is 2.32. The molecule has 0 aromatic heterocycles. The molecule has 0 bridgehead atoms. The van der Waals surface area contributed by atoms with Crippen LogP contribution >= 0.6 is 0 Å². The first-order valence-electron chi connectivity index (χ1n) is 4.46. The highest BCUT2D eigenvalue weighted by molar-refractivity contribution is 5.97. The van der Waals surface area contributed by atoms with Crippen LogP contribution in [0.1, 0.15) is 6.42 Å². The second kappa shape index (κ2) is 2.99. The lowest BCUT2D eigenvalue weighted by molar-refractivity contribution is -0.123. The fourth-order valence-electron chi connectivity index (χ4n) is 1.91. The van der Waals surface area contributed by atoms with Crippen LogP contribution in [0.15, 0.2) is 0 Å². The van der Waals surface area contributed by atoms with Gasteiger partial charge in [0.05, 0.1) is 6.04 Å². The number of nitrogens with one attached hydrogen (secondary N) is 1. The number of piperazine rings is 1. The van der Waals surface area contributed by atoms with Crippen LogP contribution in [-0.2, 0) is 4.79 Å². The van der Waals surface area contributed by atoms with Crippen LogP contribution in [0.2, 0.25) is 0 Å². The molecule has 2 aliphatic heterocycles. The molecule has 3 amide bonds. The molecule has 0 saturated carbocycles. The summed E-state index contributed by atoms with van der Waals surface area (Å²) in [6.45, 7) is 2.41. The number of hydrogen-bond acceptors (Lipinski definition) is 3. The predicted octanol–water partition coefficient (Wildman–Crippen LogP) is -0.758. The van der Waals surface area contributed by atoms with Gasteiger partial charge in [-0.25, -0.2) is 4.79 Å². The monoisotopic (exact) mass is 183 g/mol. The highest BCUT2D eigenvalue weighted by atomic mass is 16.2. The van der Waals surface area contributed by atoms with Gasteiger partial charge in [0.25, 0.3) is 0 Å². The van der Waals surface area contributed by atoms with Crippen LogP contribution in [0, 0.1) is 0 Å². The van der Waals surface area contributed by atoms with Crippen molar-refractivity contribution in [1.82, 2.24) is 15.1 Å². The predicted molar refractivity (Wildman–Crippen MR) is 46.1 cm³/mol. The van der Waals surface area contributed by atoms with Crippen molar-refractivity contribution in [3.63, 3.8) is 0 Å². The van der Waals surface area contributed by atoms with Gasteiger partial charge in [-0.2, -0.15) is 0 Å².